The van der Waals surface area contributed by atoms with Crippen LogP contribution < -0.4 is 20.3 Å². The van der Waals surface area contributed by atoms with E-state index >= 15 is 0 Å². The lowest BCUT2D eigenvalue weighted by atomic mass is 9.86. The van der Waals surface area contributed by atoms with E-state index in [9.17, 15) is 31.5 Å². The number of nitrogens with one attached hydrogen (secondary N) is 1. The lowest BCUT2D eigenvalue weighted by Gasteiger charge is -2.25. The van der Waals surface area contributed by atoms with E-state index in [2.05, 4.69) is 5.53 Å². The number of alkyl halides is 3. The van der Waals surface area contributed by atoms with E-state index < -0.39 is 33.7 Å². The normalized spacial score (nSPS) is 18.9. The Kier molecular flexibility index (Phi) is 8.33. The number of carbonyl (C=O) groups is 1. The minimum atomic E-state index is -4.68. The summed E-state index contributed by atoms with van der Waals surface area (Å²) in [4.78, 5) is 11.7. The molecule has 236 valence electrons. The number of carboxylic acids is 1. The highest BCUT2D eigenvalue weighted by Crippen LogP contribution is 2.44. The van der Waals surface area contributed by atoms with Crippen molar-refractivity contribution in [2.45, 2.75) is 50.2 Å². The van der Waals surface area contributed by atoms with E-state index in [0.29, 0.717) is 34.4 Å². The smallest absolute Gasteiger partial charge is 0.416 e. The van der Waals surface area contributed by atoms with Crippen LogP contribution in [0.1, 0.15) is 52.6 Å². The Morgan fingerprint density at radius 1 is 1.09 bits per heavy atom. The van der Waals surface area contributed by atoms with Crippen molar-refractivity contribution in [3.63, 3.8) is 0 Å². The van der Waals surface area contributed by atoms with Crippen LogP contribution in [0.4, 0.5) is 24.5 Å². The molecule has 0 radical (unpaired) electrons. The standard InChI is InChI=1S/C31H35F3N4O5S/c1-18-10-21-8-9-24(31(32,33)34)14-28(21)44(41,42)38(16-18)17-23-11-20(7-6-19(23)2)25(15-29(39)40)22-12-26-30(27(13-22)43-5)37(4)35-36(26)3/h6-9,11-14,18,25,35H,10,15-17H2,1-5H3,(H,39,40)/t18-,25?/m0/s1. The number of hydrazine groups is 2. The zero-order valence-electron chi connectivity index (χ0n) is 25.1. The average molecular weight is 633 g/mol. The van der Waals surface area contributed by atoms with Crippen molar-refractivity contribution in [1.82, 2.24) is 9.84 Å². The number of nitrogens with zero attached hydrogens (tertiary/aromatic N) is 3. The molecule has 0 saturated heterocycles. The molecule has 0 aromatic heterocycles. The first-order valence-electron chi connectivity index (χ1n) is 14.1. The summed E-state index contributed by atoms with van der Waals surface area (Å²) in [5.74, 6) is -1.20. The van der Waals surface area contributed by atoms with E-state index in [1.807, 2.05) is 46.1 Å². The van der Waals surface area contributed by atoms with Gasteiger partial charge in [0.05, 0.1) is 29.7 Å². The van der Waals surface area contributed by atoms with Gasteiger partial charge >= 0.3 is 12.1 Å². The van der Waals surface area contributed by atoms with E-state index in [1.54, 1.807) is 29.3 Å². The summed E-state index contributed by atoms with van der Waals surface area (Å²) in [5, 5.41) is 13.5. The number of rotatable bonds is 7. The van der Waals surface area contributed by atoms with Crippen LogP contribution in [-0.2, 0) is 34.0 Å². The summed E-state index contributed by atoms with van der Waals surface area (Å²) < 4.78 is 75.2. The van der Waals surface area contributed by atoms with Crippen LogP contribution in [0.25, 0.3) is 0 Å². The molecule has 0 spiro atoms. The molecule has 3 aromatic rings. The first-order valence-corrected chi connectivity index (χ1v) is 15.5. The second-order valence-corrected chi connectivity index (χ2v) is 13.5. The molecule has 0 saturated carbocycles. The molecule has 2 atom stereocenters. The largest absolute Gasteiger partial charge is 0.494 e. The maximum Gasteiger partial charge on any atom is 0.416 e. The van der Waals surface area contributed by atoms with Crippen molar-refractivity contribution in [3.8, 4) is 5.75 Å². The molecule has 2 aliphatic rings. The van der Waals surface area contributed by atoms with Gasteiger partial charge in [-0.05, 0) is 71.3 Å². The summed E-state index contributed by atoms with van der Waals surface area (Å²) in [6.45, 7) is 3.73. The molecule has 0 amide bonds. The van der Waals surface area contributed by atoms with Gasteiger partial charge in [0.1, 0.15) is 11.4 Å². The first-order chi connectivity index (χ1) is 20.6. The van der Waals surface area contributed by atoms with Gasteiger partial charge in [-0.15, -0.1) is 5.53 Å². The number of aliphatic carboxylic acids is 1. The van der Waals surface area contributed by atoms with Gasteiger partial charge in [-0.25, -0.2) is 8.42 Å². The number of aryl methyl sites for hydroxylation is 1. The number of benzene rings is 3. The highest BCUT2D eigenvalue weighted by Gasteiger charge is 2.37. The fourth-order valence-corrected chi connectivity index (χ4v) is 7.87. The predicted molar refractivity (Wildman–Crippen MR) is 160 cm³/mol. The predicted octanol–water partition coefficient (Wildman–Crippen LogP) is 5.32. The van der Waals surface area contributed by atoms with Gasteiger partial charge in [-0.2, -0.15) is 17.5 Å². The maximum absolute atomic E-state index is 13.8. The number of ether oxygens (including phenoxy) is 1. The third-order valence-electron chi connectivity index (χ3n) is 8.29. The molecule has 44 heavy (non-hydrogen) atoms. The Morgan fingerprint density at radius 2 is 1.82 bits per heavy atom. The molecule has 2 N–H and O–H groups in total. The van der Waals surface area contributed by atoms with Crippen molar-refractivity contribution >= 4 is 27.4 Å². The first kappa shape index (κ1) is 31.6. The Morgan fingerprint density at radius 3 is 2.48 bits per heavy atom. The third kappa shape index (κ3) is 5.95. The van der Waals surface area contributed by atoms with Crippen LogP contribution in [0.15, 0.2) is 53.4 Å². The van der Waals surface area contributed by atoms with Crippen LogP contribution in [0.3, 0.4) is 0 Å². The molecule has 5 rings (SSSR count). The zero-order valence-corrected chi connectivity index (χ0v) is 25.9. The maximum atomic E-state index is 13.8. The molecule has 2 heterocycles. The molecule has 9 nitrogen and oxygen atoms in total. The average Bonchev–Trinajstić information content (AvgIpc) is 3.19. The van der Waals surface area contributed by atoms with Crippen molar-refractivity contribution in [2.24, 2.45) is 5.92 Å². The minimum absolute atomic E-state index is 0.0766. The number of carboxylic acid groups (broad SMARTS) is 1. The molecular weight excluding hydrogens is 597 g/mol. The number of halogens is 3. The van der Waals surface area contributed by atoms with Crippen LogP contribution in [0, 0.1) is 12.8 Å². The number of sulfonamides is 1. The summed E-state index contributed by atoms with van der Waals surface area (Å²) in [6, 6.07) is 12.1. The van der Waals surface area contributed by atoms with Crippen molar-refractivity contribution < 1.29 is 36.2 Å². The molecule has 1 unspecified atom stereocenters. The molecular formula is C31H35F3N4O5S. The van der Waals surface area contributed by atoms with Crippen LogP contribution in [0.2, 0.25) is 0 Å². The fourth-order valence-electron chi connectivity index (χ4n) is 6.08. The third-order valence-corrected chi connectivity index (χ3v) is 10.2. The Bertz CT molecular complexity index is 1710. The summed E-state index contributed by atoms with van der Waals surface area (Å²) >= 11 is 0. The van der Waals surface area contributed by atoms with Crippen LogP contribution in [0.5, 0.6) is 5.75 Å². The monoisotopic (exact) mass is 632 g/mol. The van der Waals surface area contributed by atoms with Gasteiger partial charge in [0, 0.05) is 33.1 Å². The second kappa shape index (κ2) is 11.6. The quantitative estimate of drug-likeness (QED) is 0.361. The lowest BCUT2D eigenvalue weighted by Crippen LogP contribution is -2.39. The Balaban J connectivity index is 1.56. The van der Waals surface area contributed by atoms with Crippen molar-refractivity contribution in [1.29, 1.82) is 0 Å². The number of hydrogen-bond acceptors (Lipinski definition) is 7. The molecule has 2 aliphatic heterocycles. The Hall–Kier alpha value is -3.81. The highest BCUT2D eigenvalue weighted by atomic mass is 32.2. The topological polar surface area (TPSA) is 102 Å². The molecule has 3 aromatic carbocycles. The highest BCUT2D eigenvalue weighted by molar-refractivity contribution is 7.89. The summed E-state index contributed by atoms with van der Waals surface area (Å²) in [6.07, 6.45) is -4.59. The van der Waals surface area contributed by atoms with Crippen LogP contribution in [-0.4, -0.2) is 51.5 Å². The SMILES string of the molecule is COc1cc(C(CC(=O)O)c2ccc(C)c(CN3C[C@@H](C)Cc4ccc(C(F)(F)F)cc4S3(=O)=O)c2)cc2c1N(C)NN2C. The molecule has 0 fully saturated rings. The van der Waals surface area contributed by atoms with Gasteiger partial charge in [-0.3, -0.25) is 14.8 Å². The van der Waals surface area contributed by atoms with Gasteiger partial charge in [0.15, 0.2) is 0 Å². The summed E-state index contributed by atoms with van der Waals surface area (Å²) in [7, 11) is 0.938. The molecule has 13 heteroatoms. The summed E-state index contributed by atoms with van der Waals surface area (Å²) in [5.41, 5.74) is 6.86. The lowest BCUT2D eigenvalue weighted by molar-refractivity contribution is -0.138. The number of methoxy groups -OCH3 is 1. The minimum Gasteiger partial charge on any atom is -0.494 e. The number of fused-ring (bicyclic) bond motifs is 2. The fraction of sp³-hybridized carbons (Fsp3) is 0.387. The van der Waals surface area contributed by atoms with Gasteiger partial charge in [-0.1, -0.05) is 31.2 Å². The zero-order chi connectivity index (χ0) is 32.1. The van der Waals surface area contributed by atoms with E-state index in [0.717, 1.165) is 29.1 Å². The van der Waals surface area contributed by atoms with E-state index in [1.165, 1.54) is 10.4 Å². The van der Waals surface area contributed by atoms with Gasteiger partial charge in [0.2, 0.25) is 10.0 Å². The van der Waals surface area contributed by atoms with Crippen LogP contribution >= 0.6 is 0 Å². The molecule has 0 bridgehead atoms. The van der Waals surface area contributed by atoms with Crippen molar-refractivity contribution in [3.05, 3.63) is 81.9 Å². The van der Waals surface area contributed by atoms with E-state index in [-0.39, 0.29) is 30.3 Å². The number of anilines is 2. The van der Waals surface area contributed by atoms with Gasteiger partial charge < -0.3 is 9.84 Å². The van der Waals surface area contributed by atoms with Gasteiger partial charge in [0.25, 0.3) is 0 Å². The van der Waals surface area contributed by atoms with Crippen molar-refractivity contribution in [2.75, 3.05) is 37.8 Å². The Labute approximate surface area is 254 Å². The number of hydrogen-bond donors (Lipinski definition) is 2. The molecule has 0 aliphatic carbocycles. The van der Waals surface area contributed by atoms with E-state index in [4.69, 9.17) is 4.74 Å². The second-order valence-electron chi connectivity index (χ2n) is 11.6.